The van der Waals surface area contributed by atoms with Crippen molar-refractivity contribution in [3.05, 3.63) is 112 Å². The number of benzene rings is 3. The Morgan fingerprint density at radius 2 is 1.83 bits per heavy atom. The van der Waals surface area contributed by atoms with Crippen LogP contribution >= 0.6 is 11.6 Å². The molecule has 4 N–H and O–H groups in total. The van der Waals surface area contributed by atoms with Crippen LogP contribution in [-0.4, -0.2) is 16.0 Å². The lowest BCUT2D eigenvalue weighted by Crippen LogP contribution is -2.38. The monoisotopic (exact) mass is 572 g/mol. The second-order valence-corrected chi connectivity index (χ2v) is 10.5. The van der Waals surface area contributed by atoms with E-state index in [2.05, 4.69) is 44.8 Å². The van der Waals surface area contributed by atoms with Gasteiger partial charge in [-0.05, 0) is 48.2 Å². The average Bonchev–Trinajstić information content (AvgIpc) is 3.76. The molecule has 4 aromatic rings. The van der Waals surface area contributed by atoms with Crippen molar-refractivity contribution in [1.29, 1.82) is 15.8 Å². The molecule has 0 amide bonds. The molecule has 3 aromatic carbocycles. The lowest BCUT2D eigenvalue weighted by molar-refractivity contribution is 0.260. The van der Waals surface area contributed by atoms with Gasteiger partial charge in [0.15, 0.2) is 0 Å². The number of rotatable bonds is 9. The SMILES string of the molecule is [2H][C@](Nc1cc(Cl)c2ncc(C#N)c(N[C@@H](CC#N)c3ccccc3)c2c1)(C1=CN(C2CC2)NN1)c1cccc(C#N)c1. The standard InChI is InChI=1S/C32H26ClN9/c33-27-15-24(38-31(22-8-4-5-20(13-22)16-35)29-19-42(41-40-29)25-9-10-25)14-26-30(23(17-36)18-37-32(26)27)39-28(11-12-34)21-6-2-1-3-7-21/h1-8,13-15,18-19,25,28,31,38,40-41H,9-11H2,(H,37,39)/t28-,31+/m0/s1/i31D. The number of nitrogens with one attached hydrogen (secondary N) is 4. The molecular formula is C32H26ClN9. The van der Waals surface area contributed by atoms with Crippen LogP contribution in [0.1, 0.15) is 54.9 Å². The van der Waals surface area contributed by atoms with Gasteiger partial charge in [0.05, 0.1) is 65.0 Å². The Hall–Kier alpha value is -5.27. The predicted molar refractivity (Wildman–Crippen MR) is 161 cm³/mol. The summed E-state index contributed by atoms with van der Waals surface area (Å²) in [5.74, 6) is 0. The molecule has 1 aromatic heterocycles. The summed E-state index contributed by atoms with van der Waals surface area (Å²) in [6.45, 7) is 0. The van der Waals surface area contributed by atoms with Gasteiger partial charge < -0.3 is 16.1 Å². The van der Waals surface area contributed by atoms with Crippen LogP contribution in [0.25, 0.3) is 10.9 Å². The van der Waals surface area contributed by atoms with Gasteiger partial charge in [-0.2, -0.15) is 15.8 Å². The van der Waals surface area contributed by atoms with Gasteiger partial charge >= 0.3 is 0 Å². The molecule has 9 nitrogen and oxygen atoms in total. The zero-order chi connectivity index (χ0) is 30.0. The number of nitrogens with zero attached hydrogens (tertiary/aromatic N) is 5. The maximum atomic E-state index is 10.0. The fraction of sp³-hybridized carbons (Fsp3) is 0.188. The van der Waals surface area contributed by atoms with Gasteiger partial charge in [-0.3, -0.25) is 9.99 Å². The first-order valence-corrected chi connectivity index (χ1v) is 13.8. The third-order valence-corrected chi connectivity index (χ3v) is 7.50. The number of hydrogen-bond acceptors (Lipinski definition) is 9. The van der Waals surface area contributed by atoms with E-state index in [0.717, 1.165) is 18.4 Å². The van der Waals surface area contributed by atoms with Gasteiger partial charge in [0.25, 0.3) is 0 Å². The molecule has 10 heteroatoms. The first-order valence-electron chi connectivity index (χ1n) is 14.0. The number of pyridine rings is 1. The number of nitriles is 3. The van der Waals surface area contributed by atoms with Gasteiger partial charge in [0.2, 0.25) is 0 Å². The summed E-state index contributed by atoms with van der Waals surface area (Å²) in [5.41, 5.74) is 10.4. The van der Waals surface area contributed by atoms with Crippen LogP contribution in [0, 0.1) is 34.0 Å². The molecule has 1 aliphatic carbocycles. The fourth-order valence-corrected chi connectivity index (χ4v) is 5.23. The highest BCUT2D eigenvalue weighted by atomic mass is 35.5. The topological polar surface area (TPSA) is 136 Å². The van der Waals surface area contributed by atoms with E-state index in [0.29, 0.717) is 55.7 Å². The van der Waals surface area contributed by atoms with Gasteiger partial charge in [-0.1, -0.05) is 54.1 Å². The van der Waals surface area contributed by atoms with Crippen LogP contribution in [0.3, 0.4) is 0 Å². The van der Waals surface area contributed by atoms with Crippen molar-refractivity contribution in [2.45, 2.75) is 37.4 Å². The van der Waals surface area contributed by atoms with Crippen molar-refractivity contribution in [2.75, 3.05) is 10.6 Å². The van der Waals surface area contributed by atoms with Crippen LogP contribution in [-0.2, 0) is 0 Å². The Bertz CT molecular complexity index is 1850. The molecule has 6 rings (SSSR count). The van der Waals surface area contributed by atoms with Crippen molar-refractivity contribution in [3.8, 4) is 18.2 Å². The molecule has 1 fully saturated rings. The van der Waals surface area contributed by atoms with E-state index in [1.54, 1.807) is 36.4 Å². The first-order chi connectivity index (χ1) is 20.9. The summed E-state index contributed by atoms with van der Waals surface area (Å²) >= 11 is 6.78. The maximum absolute atomic E-state index is 10.0. The van der Waals surface area contributed by atoms with Crippen molar-refractivity contribution < 1.29 is 1.37 Å². The van der Waals surface area contributed by atoms with Crippen molar-refractivity contribution in [2.24, 2.45) is 0 Å². The fourth-order valence-electron chi connectivity index (χ4n) is 4.96. The number of aromatic nitrogens is 1. The number of hydrogen-bond donors (Lipinski definition) is 4. The van der Waals surface area contributed by atoms with Gasteiger partial charge in [-0.15, -0.1) is 5.53 Å². The van der Waals surface area contributed by atoms with Gasteiger partial charge in [0.1, 0.15) is 6.07 Å². The molecule has 2 heterocycles. The van der Waals surface area contributed by atoms with Crippen LogP contribution in [0.2, 0.25) is 5.02 Å². The van der Waals surface area contributed by atoms with Crippen molar-refractivity contribution >= 4 is 33.9 Å². The minimum Gasteiger partial charge on any atom is -0.376 e. The highest BCUT2D eigenvalue weighted by Crippen LogP contribution is 2.38. The van der Waals surface area contributed by atoms with Gasteiger partial charge in [-0.25, -0.2) is 0 Å². The molecule has 2 atom stereocenters. The number of halogens is 1. The minimum atomic E-state index is -1.55. The Kier molecular flexibility index (Phi) is 7.15. The average molecular weight is 573 g/mol. The van der Waals surface area contributed by atoms with E-state index in [-0.39, 0.29) is 6.42 Å². The molecule has 2 aliphatic rings. The number of anilines is 2. The summed E-state index contributed by atoms with van der Waals surface area (Å²) in [6, 6.07) is 25.0. The smallest absolute Gasteiger partial charge is 0.103 e. The van der Waals surface area contributed by atoms with Gasteiger partial charge in [0, 0.05) is 29.5 Å². The quantitative estimate of drug-likeness (QED) is 0.185. The Morgan fingerprint density at radius 1 is 1.02 bits per heavy atom. The van der Waals surface area contributed by atoms with Crippen LogP contribution in [0.5, 0.6) is 0 Å². The lowest BCUT2D eigenvalue weighted by Gasteiger charge is -2.23. The van der Waals surface area contributed by atoms with Crippen LogP contribution in [0.4, 0.5) is 11.4 Å². The van der Waals surface area contributed by atoms with E-state index >= 15 is 0 Å². The second kappa shape index (κ2) is 11.7. The third kappa shape index (κ3) is 5.50. The second-order valence-electron chi connectivity index (χ2n) is 10.1. The summed E-state index contributed by atoms with van der Waals surface area (Å²) in [6.07, 6.45) is 5.61. The zero-order valence-electron chi connectivity index (χ0n) is 23.4. The Morgan fingerprint density at radius 3 is 2.57 bits per heavy atom. The lowest BCUT2D eigenvalue weighted by atomic mass is 10.0. The minimum absolute atomic E-state index is 0.166. The first kappa shape index (κ1) is 25.7. The summed E-state index contributed by atoms with van der Waals surface area (Å²) < 4.78 is 9.73. The van der Waals surface area contributed by atoms with Crippen molar-refractivity contribution in [3.63, 3.8) is 0 Å². The summed E-state index contributed by atoms with van der Waals surface area (Å²) in [7, 11) is 0. The van der Waals surface area contributed by atoms with E-state index in [1.807, 2.05) is 41.5 Å². The molecule has 42 heavy (non-hydrogen) atoms. The molecule has 0 bridgehead atoms. The summed E-state index contributed by atoms with van der Waals surface area (Å²) in [5, 5.41) is 38.7. The van der Waals surface area contributed by atoms with E-state index < -0.39 is 12.1 Å². The normalized spacial score (nSPS) is 16.6. The van der Waals surface area contributed by atoms with Crippen LogP contribution in [0.15, 0.2) is 84.8 Å². The molecular weight excluding hydrogens is 546 g/mol. The molecule has 1 saturated carbocycles. The van der Waals surface area contributed by atoms with Crippen LogP contribution < -0.4 is 21.6 Å². The highest BCUT2D eigenvalue weighted by molar-refractivity contribution is 6.35. The Balaban J connectivity index is 1.46. The molecule has 0 spiro atoms. The zero-order valence-corrected chi connectivity index (χ0v) is 23.2. The Labute approximate surface area is 250 Å². The predicted octanol–water partition coefficient (Wildman–Crippen LogP) is 6.18. The molecule has 206 valence electrons. The maximum Gasteiger partial charge on any atom is 0.103 e. The van der Waals surface area contributed by atoms with E-state index in [9.17, 15) is 17.2 Å². The molecule has 0 unspecified atom stereocenters. The third-order valence-electron chi connectivity index (χ3n) is 7.21. The molecule has 1 aliphatic heterocycles. The summed E-state index contributed by atoms with van der Waals surface area (Å²) in [4.78, 5) is 4.46. The largest absolute Gasteiger partial charge is 0.376 e. The number of hydrazine groups is 2. The van der Waals surface area contributed by atoms with E-state index in [1.165, 1.54) is 6.20 Å². The highest BCUT2D eigenvalue weighted by Gasteiger charge is 2.32. The van der Waals surface area contributed by atoms with Crippen molar-refractivity contribution in [1.82, 2.24) is 21.0 Å². The van der Waals surface area contributed by atoms with E-state index in [4.69, 9.17) is 11.6 Å². The molecule has 0 radical (unpaired) electrons. The molecule has 0 saturated heterocycles. The number of fused-ring (bicyclic) bond motifs is 1.